The van der Waals surface area contributed by atoms with E-state index >= 15 is 0 Å². The SMILES string of the molecule is Cc1cc(F)c(CON)cc1Cl. The van der Waals surface area contributed by atoms with Crippen molar-refractivity contribution in [3.8, 4) is 0 Å². The second-order valence-electron chi connectivity index (χ2n) is 2.50. The molecule has 2 nitrogen and oxygen atoms in total. The lowest BCUT2D eigenvalue weighted by atomic mass is 10.1. The molecule has 0 saturated carbocycles. The van der Waals surface area contributed by atoms with Crippen molar-refractivity contribution in [1.29, 1.82) is 0 Å². The Kier molecular flexibility index (Phi) is 3.03. The van der Waals surface area contributed by atoms with Gasteiger partial charge in [-0.25, -0.2) is 10.3 Å². The van der Waals surface area contributed by atoms with Crippen LogP contribution in [0.25, 0.3) is 0 Å². The molecule has 0 saturated heterocycles. The van der Waals surface area contributed by atoms with E-state index in [4.69, 9.17) is 17.5 Å². The van der Waals surface area contributed by atoms with Crippen LogP contribution < -0.4 is 5.90 Å². The molecule has 2 N–H and O–H groups in total. The molecular formula is C8H9ClFNO. The highest BCUT2D eigenvalue weighted by Crippen LogP contribution is 2.20. The fourth-order valence-electron chi connectivity index (χ4n) is 0.888. The monoisotopic (exact) mass is 189 g/mol. The summed E-state index contributed by atoms with van der Waals surface area (Å²) in [5, 5.41) is 0.517. The van der Waals surface area contributed by atoms with Gasteiger partial charge in [-0.05, 0) is 24.6 Å². The first-order valence-electron chi connectivity index (χ1n) is 3.41. The van der Waals surface area contributed by atoms with E-state index < -0.39 is 0 Å². The van der Waals surface area contributed by atoms with E-state index in [9.17, 15) is 4.39 Å². The molecule has 12 heavy (non-hydrogen) atoms. The molecule has 0 aliphatic carbocycles. The summed E-state index contributed by atoms with van der Waals surface area (Å²) in [6.45, 7) is 1.77. The Balaban J connectivity index is 3.05. The summed E-state index contributed by atoms with van der Waals surface area (Å²) < 4.78 is 13.0. The molecule has 1 aromatic carbocycles. The van der Waals surface area contributed by atoms with Gasteiger partial charge >= 0.3 is 0 Å². The first-order chi connectivity index (χ1) is 5.65. The number of benzene rings is 1. The van der Waals surface area contributed by atoms with Crippen molar-refractivity contribution in [2.75, 3.05) is 0 Å². The number of hydrogen-bond acceptors (Lipinski definition) is 2. The van der Waals surface area contributed by atoms with Gasteiger partial charge in [0.2, 0.25) is 0 Å². The van der Waals surface area contributed by atoms with Gasteiger partial charge in [0.1, 0.15) is 5.82 Å². The van der Waals surface area contributed by atoms with E-state index in [-0.39, 0.29) is 12.4 Å². The molecule has 0 heterocycles. The lowest BCUT2D eigenvalue weighted by Crippen LogP contribution is -2.01. The van der Waals surface area contributed by atoms with Crippen LogP contribution in [0.4, 0.5) is 4.39 Å². The van der Waals surface area contributed by atoms with E-state index in [0.717, 1.165) is 0 Å². The Hall–Kier alpha value is -0.640. The first kappa shape index (κ1) is 9.45. The van der Waals surface area contributed by atoms with Crippen LogP contribution in [-0.4, -0.2) is 0 Å². The van der Waals surface area contributed by atoms with Gasteiger partial charge < -0.3 is 0 Å². The van der Waals surface area contributed by atoms with E-state index in [1.807, 2.05) is 0 Å². The average Bonchev–Trinajstić information content (AvgIpc) is 2.01. The molecule has 1 aromatic rings. The number of halogens is 2. The zero-order valence-electron chi connectivity index (χ0n) is 6.60. The third-order valence-electron chi connectivity index (χ3n) is 1.57. The molecule has 66 valence electrons. The molecule has 0 atom stereocenters. The summed E-state index contributed by atoms with van der Waals surface area (Å²) >= 11 is 5.76. The van der Waals surface area contributed by atoms with Crippen LogP contribution in [0.3, 0.4) is 0 Å². The molecule has 0 aromatic heterocycles. The Morgan fingerprint density at radius 3 is 2.83 bits per heavy atom. The number of nitrogens with two attached hydrogens (primary N) is 1. The second-order valence-corrected chi connectivity index (χ2v) is 2.91. The molecule has 1 rings (SSSR count). The maximum Gasteiger partial charge on any atom is 0.129 e. The first-order valence-corrected chi connectivity index (χ1v) is 3.79. The summed E-state index contributed by atoms with van der Waals surface area (Å²) in [6.07, 6.45) is 0. The van der Waals surface area contributed by atoms with Crippen molar-refractivity contribution in [2.45, 2.75) is 13.5 Å². The minimum atomic E-state index is -0.345. The average molecular weight is 190 g/mol. The third kappa shape index (κ3) is 1.94. The Morgan fingerprint density at radius 1 is 1.58 bits per heavy atom. The van der Waals surface area contributed by atoms with Crippen LogP contribution in [0.5, 0.6) is 0 Å². The van der Waals surface area contributed by atoms with Gasteiger partial charge in [0, 0.05) is 10.6 Å². The normalized spacial score (nSPS) is 10.3. The molecule has 0 amide bonds. The van der Waals surface area contributed by atoms with Crippen LogP contribution in [0.15, 0.2) is 12.1 Å². The molecule has 0 aliphatic heterocycles. The topological polar surface area (TPSA) is 35.2 Å². The van der Waals surface area contributed by atoms with Gasteiger partial charge in [-0.3, -0.25) is 4.84 Å². The van der Waals surface area contributed by atoms with Gasteiger partial charge in [-0.2, -0.15) is 0 Å². The fraction of sp³-hybridized carbons (Fsp3) is 0.250. The fourth-order valence-corrected chi connectivity index (χ4v) is 1.07. The highest BCUT2D eigenvalue weighted by Gasteiger charge is 2.05. The quantitative estimate of drug-likeness (QED) is 0.724. The Morgan fingerprint density at radius 2 is 2.25 bits per heavy atom. The molecule has 0 spiro atoms. The number of aryl methyl sites for hydroxylation is 1. The van der Waals surface area contributed by atoms with Crippen LogP contribution in [0, 0.1) is 12.7 Å². The van der Waals surface area contributed by atoms with Crippen molar-refractivity contribution >= 4 is 11.6 Å². The highest BCUT2D eigenvalue weighted by atomic mass is 35.5. The van der Waals surface area contributed by atoms with Crippen molar-refractivity contribution < 1.29 is 9.23 Å². The second kappa shape index (κ2) is 3.85. The number of rotatable bonds is 2. The zero-order valence-corrected chi connectivity index (χ0v) is 7.36. The van der Waals surface area contributed by atoms with E-state index in [2.05, 4.69) is 4.84 Å². The minimum absolute atomic E-state index is 0.0336. The van der Waals surface area contributed by atoms with E-state index in [1.165, 1.54) is 12.1 Å². The number of hydrogen-bond donors (Lipinski definition) is 1. The molecule has 0 unspecified atom stereocenters. The Labute approximate surface area is 75.0 Å². The predicted octanol–water partition coefficient (Wildman–Crippen LogP) is 2.18. The highest BCUT2D eigenvalue weighted by molar-refractivity contribution is 6.31. The van der Waals surface area contributed by atoms with E-state index in [0.29, 0.717) is 16.1 Å². The molecule has 0 bridgehead atoms. The van der Waals surface area contributed by atoms with Crippen LogP contribution in [-0.2, 0) is 11.4 Å². The molecule has 4 heteroatoms. The Bertz CT molecular complexity index is 291. The molecular weight excluding hydrogens is 181 g/mol. The standard InChI is InChI=1S/C8H9ClFNO/c1-5-2-8(10)6(4-12-11)3-7(5)9/h2-3H,4,11H2,1H3. The lowest BCUT2D eigenvalue weighted by molar-refractivity contribution is 0.121. The molecule has 0 fully saturated rings. The van der Waals surface area contributed by atoms with Crippen molar-refractivity contribution in [3.63, 3.8) is 0 Å². The van der Waals surface area contributed by atoms with Crippen LogP contribution >= 0.6 is 11.6 Å². The van der Waals surface area contributed by atoms with Crippen LogP contribution in [0.1, 0.15) is 11.1 Å². The van der Waals surface area contributed by atoms with Gasteiger partial charge in [0.25, 0.3) is 0 Å². The summed E-state index contributed by atoms with van der Waals surface area (Å²) in [7, 11) is 0. The largest absolute Gasteiger partial charge is 0.300 e. The van der Waals surface area contributed by atoms with Gasteiger partial charge in [0.05, 0.1) is 6.61 Å². The summed E-state index contributed by atoms with van der Waals surface area (Å²) in [4.78, 5) is 4.30. The summed E-state index contributed by atoms with van der Waals surface area (Å²) in [5.74, 6) is 4.46. The van der Waals surface area contributed by atoms with Crippen molar-refractivity contribution in [1.82, 2.24) is 0 Å². The maximum absolute atomic E-state index is 13.0. The summed E-state index contributed by atoms with van der Waals surface area (Å²) in [6, 6.07) is 2.87. The van der Waals surface area contributed by atoms with Crippen molar-refractivity contribution in [3.05, 3.63) is 34.1 Å². The van der Waals surface area contributed by atoms with Crippen LogP contribution in [0.2, 0.25) is 5.02 Å². The van der Waals surface area contributed by atoms with Gasteiger partial charge in [-0.15, -0.1) is 0 Å². The maximum atomic E-state index is 13.0. The van der Waals surface area contributed by atoms with Gasteiger partial charge in [0.15, 0.2) is 0 Å². The molecule has 0 aliphatic rings. The smallest absolute Gasteiger partial charge is 0.129 e. The lowest BCUT2D eigenvalue weighted by Gasteiger charge is -2.03. The summed E-state index contributed by atoms with van der Waals surface area (Å²) in [5.41, 5.74) is 1.07. The molecule has 0 radical (unpaired) electrons. The van der Waals surface area contributed by atoms with E-state index in [1.54, 1.807) is 6.92 Å². The minimum Gasteiger partial charge on any atom is -0.300 e. The van der Waals surface area contributed by atoms with Gasteiger partial charge in [-0.1, -0.05) is 11.6 Å². The predicted molar refractivity (Wildman–Crippen MR) is 45.1 cm³/mol. The third-order valence-corrected chi connectivity index (χ3v) is 1.97. The van der Waals surface area contributed by atoms with Crippen molar-refractivity contribution in [2.24, 2.45) is 5.90 Å². The zero-order chi connectivity index (χ0) is 9.14.